The van der Waals surface area contributed by atoms with Crippen LogP contribution in [0.5, 0.6) is 0 Å². The molecule has 0 aliphatic carbocycles. The maximum atomic E-state index is 12.2. The number of nitrogens with zero attached hydrogens (tertiary/aromatic N) is 2. The molecule has 8 heteroatoms. The molecule has 0 aromatic heterocycles. The molecular weight excluding hydrogens is 392 g/mol. The second kappa shape index (κ2) is 11.7. The molecule has 1 aliphatic rings. The quantitative estimate of drug-likeness (QED) is 0.361. The Balaban J connectivity index is 1.84. The van der Waals surface area contributed by atoms with Crippen molar-refractivity contribution in [2.75, 3.05) is 31.9 Å². The van der Waals surface area contributed by atoms with Crippen molar-refractivity contribution in [1.82, 2.24) is 14.9 Å². The van der Waals surface area contributed by atoms with E-state index in [0.29, 0.717) is 24.8 Å². The SMILES string of the molecule is CCCS(=O)(=O)N1CCC(NC(=NCC(C)Sc2ccccc2)NCC)CC1. The van der Waals surface area contributed by atoms with Crippen LogP contribution in [0.2, 0.25) is 0 Å². The predicted octanol–water partition coefficient (Wildman–Crippen LogP) is 2.93. The molecule has 1 aromatic carbocycles. The highest BCUT2D eigenvalue weighted by molar-refractivity contribution is 8.00. The first-order valence-corrected chi connectivity index (χ1v) is 12.7. The number of benzene rings is 1. The smallest absolute Gasteiger partial charge is 0.214 e. The van der Waals surface area contributed by atoms with Gasteiger partial charge in [0.2, 0.25) is 10.0 Å². The molecule has 0 bridgehead atoms. The lowest BCUT2D eigenvalue weighted by Gasteiger charge is -2.32. The van der Waals surface area contributed by atoms with E-state index in [4.69, 9.17) is 4.99 Å². The summed E-state index contributed by atoms with van der Waals surface area (Å²) in [6.07, 6.45) is 2.28. The van der Waals surface area contributed by atoms with E-state index in [9.17, 15) is 8.42 Å². The number of nitrogens with one attached hydrogen (secondary N) is 2. The van der Waals surface area contributed by atoms with Gasteiger partial charge in [-0.2, -0.15) is 0 Å². The molecule has 0 saturated carbocycles. The van der Waals surface area contributed by atoms with Crippen molar-refractivity contribution < 1.29 is 8.42 Å². The third-order valence-corrected chi connectivity index (χ3v) is 7.75. The van der Waals surface area contributed by atoms with Gasteiger partial charge in [-0.05, 0) is 38.3 Å². The number of hydrogen-bond acceptors (Lipinski definition) is 4. The Hall–Kier alpha value is -1.25. The molecular formula is C20H34N4O2S2. The summed E-state index contributed by atoms with van der Waals surface area (Å²) in [6.45, 7) is 8.83. The number of hydrogen-bond donors (Lipinski definition) is 2. The molecule has 1 atom stereocenters. The summed E-state index contributed by atoms with van der Waals surface area (Å²) >= 11 is 1.82. The van der Waals surface area contributed by atoms with E-state index in [-0.39, 0.29) is 11.8 Å². The van der Waals surface area contributed by atoms with Crippen LogP contribution in [-0.4, -0.2) is 61.9 Å². The van der Waals surface area contributed by atoms with Crippen LogP contribution in [0.15, 0.2) is 40.2 Å². The summed E-state index contributed by atoms with van der Waals surface area (Å²) in [7, 11) is -3.09. The van der Waals surface area contributed by atoms with E-state index in [0.717, 1.165) is 31.9 Å². The van der Waals surface area contributed by atoms with Crippen molar-refractivity contribution in [2.45, 2.75) is 56.2 Å². The van der Waals surface area contributed by atoms with Crippen molar-refractivity contribution in [3.63, 3.8) is 0 Å². The molecule has 6 nitrogen and oxygen atoms in total. The van der Waals surface area contributed by atoms with E-state index in [1.165, 1.54) is 4.90 Å². The maximum absolute atomic E-state index is 12.2. The summed E-state index contributed by atoms with van der Waals surface area (Å²) in [5, 5.41) is 7.17. The van der Waals surface area contributed by atoms with Gasteiger partial charge >= 0.3 is 0 Å². The highest BCUT2D eigenvalue weighted by atomic mass is 32.2. The average molecular weight is 427 g/mol. The molecule has 1 heterocycles. The fraction of sp³-hybridized carbons (Fsp3) is 0.650. The lowest BCUT2D eigenvalue weighted by Crippen LogP contribution is -2.50. The van der Waals surface area contributed by atoms with E-state index in [2.05, 4.69) is 48.7 Å². The number of sulfonamides is 1. The van der Waals surface area contributed by atoms with Gasteiger partial charge in [0.05, 0.1) is 12.3 Å². The Labute approximate surface area is 174 Å². The zero-order valence-corrected chi connectivity index (χ0v) is 18.9. The molecule has 158 valence electrons. The number of piperidine rings is 1. The van der Waals surface area contributed by atoms with Crippen molar-refractivity contribution >= 4 is 27.7 Å². The molecule has 1 saturated heterocycles. The van der Waals surface area contributed by atoms with E-state index >= 15 is 0 Å². The van der Waals surface area contributed by atoms with Gasteiger partial charge in [0.15, 0.2) is 5.96 Å². The second-order valence-corrected chi connectivity index (χ2v) is 10.7. The Morgan fingerprint density at radius 1 is 1.25 bits per heavy atom. The molecule has 1 aliphatic heterocycles. The molecule has 2 rings (SSSR count). The van der Waals surface area contributed by atoms with Crippen LogP contribution in [0.4, 0.5) is 0 Å². The Bertz CT molecular complexity index is 702. The highest BCUT2D eigenvalue weighted by Crippen LogP contribution is 2.22. The predicted molar refractivity (Wildman–Crippen MR) is 120 cm³/mol. The van der Waals surface area contributed by atoms with Crippen LogP contribution in [-0.2, 0) is 10.0 Å². The first-order valence-electron chi connectivity index (χ1n) is 10.2. The fourth-order valence-corrected chi connectivity index (χ4v) is 5.64. The minimum Gasteiger partial charge on any atom is -0.357 e. The van der Waals surface area contributed by atoms with Gasteiger partial charge in [-0.1, -0.05) is 32.0 Å². The molecule has 1 fully saturated rings. The van der Waals surface area contributed by atoms with Crippen LogP contribution >= 0.6 is 11.8 Å². The third kappa shape index (κ3) is 7.64. The monoisotopic (exact) mass is 426 g/mol. The van der Waals surface area contributed by atoms with Crippen LogP contribution in [0, 0.1) is 0 Å². The standard InChI is InChI=1S/C20H34N4O2S2/c1-4-15-28(25,26)24-13-11-18(12-14-24)23-20(21-5-2)22-16-17(3)27-19-9-7-6-8-10-19/h6-10,17-18H,4-5,11-16H2,1-3H3,(H2,21,22,23). The lowest BCUT2D eigenvalue weighted by atomic mass is 10.1. The Morgan fingerprint density at radius 3 is 2.54 bits per heavy atom. The van der Waals surface area contributed by atoms with Crippen molar-refractivity contribution in [2.24, 2.45) is 4.99 Å². The molecule has 28 heavy (non-hydrogen) atoms. The van der Waals surface area contributed by atoms with Crippen LogP contribution in [0.25, 0.3) is 0 Å². The zero-order chi connectivity index (χ0) is 20.4. The van der Waals surface area contributed by atoms with Crippen molar-refractivity contribution in [1.29, 1.82) is 0 Å². The molecule has 1 unspecified atom stereocenters. The normalized spacial score (nSPS) is 18.0. The second-order valence-electron chi connectivity index (χ2n) is 7.09. The van der Waals surface area contributed by atoms with Gasteiger partial charge in [-0.15, -0.1) is 11.8 Å². The molecule has 1 aromatic rings. The van der Waals surface area contributed by atoms with Gasteiger partial charge in [-0.25, -0.2) is 12.7 Å². The first kappa shape index (κ1) is 23.0. The molecule has 2 N–H and O–H groups in total. The van der Waals surface area contributed by atoms with Crippen LogP contribution in [0.3, 0.4) is 0 Å². The number of rotatable bonds is 9. The summed E-state index contributed by atoms with van der Waals surface area (Å²) in [5.74, 6) is 1.06. The topological polar surface area (TPSA) is 73.8 Å². The van der Waals surface area contributed by atoms with Gasteiger partial charge in [0.1, 0.15) is 0 Å². The van der Waals surface area contributed by atoms with Crippen LogP contribution in [0.1, 0.15) is 40.0 Å². The third-order valence-electron chi connectivity index (χ3n) is 4.58. The molecule has 0 amide bonds. The van der Waals surface area contributed by atoms with Gasteiger partial charge in [-0.3, -0.25) is 4.99 Å². The minimum absolute atomic E-state index is 0.242. The van der Waals surface area contributed by atoms with Crippen molar-refractivity contribution in [3.8, 4) is 0 Å². The summed E-state index contributed by atoms with van der Waals surface area (Å²) in [6, 6.07) is 10.6. The molecule has 0 radical (unpaired) electrons. The fourth-order valence-electron chi connectivity index (χ4n) is 3.17. The van der Waals surface area contributed by atoms with Gasteiger partial charge in [0.25, 0.3) is 0 Å². The minimum atomic E-state index is -3.09. The van der Waals surface area contributed by atoms with E-state index in [1.54, 1.807) is 4.31 Å². The summed E-state index contributed by atoms with van der Waals surface area (Å²) in [4.78, 5) is 6.00. The number of aliphatic imine (C=N–C) groups is 1. The Kier molecular flexibility index (Phi) is 9.61. The van der Waals surface area contributed by atoms with E-state index < -0.39 is 10.0 Å². The average Bonchev–Trinajstić information content (AvgIpc) is 2.67. The largest absolute Gasteiger partial charge is 0.357 e. The summed E-state index contributed by atoms with van der Waals surface area (Å²) < 4.78 is 26.1. The van der Waals surface area contributed by atoms with Gasteiger partial charge < -0.3 is 10.6 Å². The van der Waals surface area contributed by atoms with Crippen LogP contribution < -0.4 is 10.6 Å². The first-order chi connectivity index (χ1) is 13.4. The maximum Gasteiger partial charge on any atom is 0.214 e. The summed E-state index contributed by atoms with van der Waals surface area (Å²) in [5.41, 5.74) is 0. The zero-order valence-electron chi connectivity index (χ0n) is 17.2. The Morgan fingerprint density at radius 2 is 1.93 bits per heavy atom. The number of thioether (sulfide) groups is 1. The highest BCUT2D eigenvalue weighted by Gasteiger charge is 2.27. The van der Waals surface area contributed by atoms with Crippen molar-refractivity contribution in [3.05, 3.63) is 30.3 Å². The van der Waals surface area contributed by atoms with E-state index in [1.807, 2.05) is 24.8 Å². The number of guanidine groups is 1. The molecule has 0 spiro atoms. The lowest BCUT2D eigenvalue weighted by molar-refractivity contribution is 0.306. The van der Waals surface area contributed by atoms with Gasteiger partial charge in [0, 0.05) is 35.8 Å².